The maximum absolute atomic E-state index is 11.9. The molecule has 0 fully saturated rings. The smallest absolute Gasteiger partial charge is 0.330 e. The van der Waals surface area contributed by atoms with E-state index in [4.69, 9.17) is 9.84 Å². The van der Waals surface area contributed by atoms with E-state index in [1.165, 1.54) is 51.0 Å². The molecule has 0 bridgehead atoms. The van der Waals surface area contributed by atoms with Crippen molar-refractivity contribution < 1.29 is 29.0 Å². The van der Waals surface area contributed by atoms with E-state index in [0.717, 1.165) is 32.1 Å². The van der Waals surface area contributed by atoms with Crippen LogP contribution in [0.15, 0.2) is 12.2 Å². The van der Waals surface area contributed by atoms with Crippen molar-refractivity contribution in [2.24, 2.45) is 0 Å². The summed E-state index contributed by atoms with van der Waals surface area (Å²) in [4.78, 5) is 22.7. The molecule has 0 aromatic carbocycles. The number of ether oxygens (including phenoxy) is 1. The van der Waals surface area contributed by atoms with Crippen LogP contribution < -0.4 is 5.11 Å². The average Bonchev–Trinajstić information content (AvgIpc) is 2.60. The molecule has 0 saturated carbocycles. The first-order chi connectivity index (χ1) is 13.7. The third kappa shape index (κ3) is 21.1. The van der Waals surface area contributed by atoms with E-state index in [1.807, 2.05) is 27.2 Å². The summed E-state index contributed by atoms with van der Waals surface area (Å²) in [5, 5.41) is 19.6. The van der Waals surface area contributed by atoms with E-state index in [9.17, 15) is 14.7 Å². The zero-order valence-corrected chi connectivity index (χ0v) is 18.9. The third-order valence-corrected chi connectivity index (χ3v) is 4.71. The highest BCUT2D eigenvalue weighted by atomic mass is 16.5. The number of esters is 1. The Morgan fingerprint density at radius 3 is 1.83 bits per heavy atom. The molecule has 0 aromatic rings. The molecule has 0 amide bonds. The lowest BCUT2D eigenvalue weighted by Crippen LogP contribution is -2.45. The van der Waals surface area contributed by atoms with Gasteiger partial charge in [-0.1, -0.05) is 63.9 Å². The second kappa shape index (κ2) is 17.5. The highest BCUT2D eigenvalue weighted by molar-refractivity contribution is 5.82. The van der Waals surface area contributed by atoms with Gasteiger partial charge in [0.2, 0.25) is 0 Å². The third-order valence-electron chi connectivity index (χ3n) is 4.71. The van der Waals surface area contributed by atoms with Crippen LogP contribution in [0.25, 0.3) is 0 Å². The Bertz CT molecular complexity index is 457. The highest BCUT2D eigenvalue weighted by Crippen LogP contribution is 2.12. The summed E-state index contributed by atoms with van der Waals surface area (Å²) < 4.78 is 5.79. The van der Waals surface area contributed by atoms with Crippen LogP contribution in [0.5, 0.6) is 0 Å². The molecular weight excluding hydrogens is 370 g/mol. The Balaban J connectivity index is 3.72. The van der Waals surface area contributed by atoms with E-state index < -0.39 is 18.0 Å². The number of allylic oxidation sites excluding steroid dienone is 1. The van der Waals surface area contributed by atoms with Gasteiger partial charge in [-0.05, 0) is 19.3 Å². The number of nitrogens with zero attached hydrogens (tertiary/aromatic N) is 1. The van der Waals surface area contributed by atoms with Crippen molar-refractivity contribution in [3.05, 3.63) is 12.2 Å². The number of aliphatic carboxylic acids is 1. The van der Waals surface area contributed by atoms with Gasteiger partial charge >= 0.3 is 5.97 Å². The normalized spacial score (nSPS) is 13.0. The van der Waals surface area contributed by atoms with E-state index in [2.05, 4.69) is 0 Å². The monoisotopic (exact) mass is 413 g/mol. The Hall–Kier alpha value is -1.40. The molecule has 1 unspecified atom stereocenters. The maximum atomic E-state index is 11.9. The summed E-state index contributed by atoms with van der Waals surface area (Å²) >= 11 is 0. The molecule has 0 aliphatic carbocycles. The topological polar surface area (TPSA) is 86.7 Å². The van der Waals surface area contributed by atoms with E-state index >= 15 is 0 Å². The molecule has 6 nitrogen and oxygen atoms in total. The Morgan fingerprint density at radius 1 is 0.897 bits per heavy atom. The molecule has 0 saturated heterocycles. The summed E-state index contributed by atoms with van der Waals surface area (Å²) in [7, 11) is 5.77. The fourth-order valence-electron chi connectivity index (χ4n) is 3.29. The number of carbonyl (C=O) groups is 2. The molecule has 0 aromatic heterocycles. The average molecular weight is 414 g/mol. The number of rotatable bonds is 19. The van der Waals surface area contributed by atoms with E-state index in [0.29, 0.717) is 17.6 Å². The lowest BCUT2D eigenvalue weighted by Gasteiger charge is -2.29. The summed E-state index contributed by atoms with van der Waals surface area (Å²) in [6.45, 7) is 0.742. The van der Waals surface area contributed by atoms with Gasteiger partial charge in [0.25, 0.3) is 0 Å². The van der Waals surface area contributed by atoms with Gasteiger partial charge in [0.05, 0.1) is 21.1 Å². The lowest BCUT2D eigenvalue weighted by molar-refractivity contribution is -0.873. The molecule has 0 rings (SSSR count). The molecule has 0 aliphatic heterocycles. The van der Waals surface area contributed by atoms with Crippen LogP contribution in [0.3, 0.4) is 0 Å². The molecule has 0 spiro atoms. The van der Waals surface area contributed by atoms with Crippen LogP contribution in [0, 0.1) is 0 Å². The van der Waals surface area contributed by atoms with E-state index in [1.54, 1.807) is 0 Å². The Labute approximate surface area is 177 Å². The fourth-order valence-corrected chi connectivity index (χ4v) is 3.29. The minimum Gasteiger partial charge on any atom is -0.550 e. The Kier molecular flexibility index (Phi) is 16.6. The quantitative estimate of drug-likeness (QED) is 0.152. The number of carboxylic acids is 1. The first-order valence-electron chi connectivity index (χ1n) is 11.2. The number of likely N-dealkylation sites (N-methyl/N-ethyl adjacent to an activating group) is 1. The summed E-state index contributed by atoms with van der Waals surface area (Å²) in [6, 6.07) is 0. The molecular formula is C23H43NO5. The van der Waals surface area contributed by atoms with Gasteiger partial charge in [0.15, 0.2) is 6.10 Å². The highest BCUT2D eigenvalue weighted by Gasteiger charge is 2.21. The fraction of sp³-hybridized carbons (Fsp3) is 0.826. The lowest BCUT2D eigenvalue weighted by atomic mass is 10.1. The molecule has 29 heavy (non-hydrogen) atoms. The zero-order chi connectivity index (χ0) is 22.0. The van der Waals surface area contributed by atoms with Crippen molar-refractivity contribution in [1.82, 2.24) is 0 Å². The Morgan fingerprint density at radius 2 is 1.38 bits per heavy atom. The van der Waals surface area contributed by atoms with Gasteiger partial charge in [-0.2, -0.15) is 0 Å². The van der Waals surface area contributed by atoms with Gasteiger partial charge < -0.3 is 24.2 Å². The van der Waals surface area contributed by atoms with Crippen molar-refractivity contribution in [3.8, 4) is 0 Å². The second-order valence-electron chi connectivity index (χ2n) is 8.91. The predicted molar refractivity (Wildman–Crippen MR) is 114 cm³/mol. The van der Waals surface area contributed by atoms with Crippen molar-refractivity contribution in [1.29, 1.82) is 0 Å². The molecule has 1 atom stereocenters. The first-order valence-corrected chi connectivity index (χ1v) is 11.2. The van der Waals surface area contributed by atoms with Crippen molar-refractivity contribution in [2.45, 2.75) is 89.6 Å². The molecule has 0 radical (unpaired) electrons. The minimum atomic E-state index is -1.21. The van der Waals surface area contributed by atoms with Crippen LogP contribution in [0.4, 0.5) is 0 Å². The number of hydrogen-bond donors (Lipinski definition) is 1. The number of unbranched alkanes of at least 4 members (excludes halogenated alkanes) is 11. The molecule has 0 heterocycles. The number of aliphatic hydroxyl groups excluding tert-OH is 1. The summed E-state index contributed by atoms with van der Waals surface area (Å²) in [6.07, 6.45) is 16.3. The van der Waals surface area contributed by atoms with Crippen LogP contribution in [0.1, 0.15) is 83.5 Å². The number of quaternary nitrogens is 1. The van der Waals surface area contributed by atoms with Crippen LogP contribution >= 0.6 is 0 Å². The number of carbonyl (C=O) groups excluding carboxylic acids is 2. The van der Waals surface area contributed by atoms with Gasteiger partial charge in [-0.25, -0.2) is 4.79 Å². The van der Waals surface area contributed by atoms with Crippen LogP contribution in [-0.4, -0.2) is 61.9 Å². The standard InChI is InChI=1S/C23H43NO5/c1-24(2,3)20-21(19-22(26)27)29-23(28)17-15-13-11-9-7-5-4-6-8-10-12-14-16-18-25/h15,17,21,25H,4-14,16,18-20H2,1-3H3. The number of hydrogen-bond acceptors (Lipinski definition) is 5. The van der Waals surface area contributed by atoms with Gasteiger partial charge in [-0.15, -0.1) is 0 Å². The molecule has 1 N–H and O–H groups in total. The maximum Gasteiger partial charge on any atom is 0.330 e. The number of carboxylic acid groups (broad SMARTS) is 1. The van der Waals surface area contributed by atoms with E-state index in [-0.39, 0.29) is 6.42 Å². The molecule has 170 valence electrons. The van der Waals surface area contributed by atoms with Crippen molar-refractivity contribution >= 4 is 11.9 Å². The van der Waals surface area contributed by atoms with Crippen LogP contribution in [-0.2, 0) is 14.3 Å². The largest absolute Gasteiger partial charge is 0.550 e. The van der Waals surface area contributed by atoms with Gasteiger partial charge in [0.1, 0.15) is 6.54 Å². The first kappa shape index (κ1) is 27.6. The zero-order valence-electron chi connectivity index (χ0n) is 18.9. The second-order valence-corrected chi connectivity index (χ2v) is 8.91. The molecule has 0 aliphatic rings. The molecule has 6 heteroatoms. The van der Waals surface area contributed by atoms with Crippen molar-refractivity contribution in [3.63, 3.8) is 0 Å². The van der Waals surface area contributed by atoms with Crippen molar-refractivity contribution in [2.75, 3.05) is 34.3 Å². The van der Waals surface area contributed by atoms with Gasteiger partial charge in [-0.3, -0.25) is 0 Å². The minimum absolute atomic E-state index is 0.280. The summed E-state index contributed by atoms with van der Waals surface area (Å²) in [5.74, 6) is -1.69. The van der Waals surface area contributed by atoms with Crippen LogP contribution in [0.2, 0.25) is 0 Å². The van der Waals surface area contributed by atoms with Gasteiger partial charge in [0, 0.05) is 25.1 Å². The summed E-state index contributed by atoms with van der Waals surface area (Å²) in [5.41, 5.74) is 0. The SMILES string of the molecule is C[N+](C)(C)CC(CC(=O)[O-])OC(=O)C=CCCCCCCCCCCCCCO. The predicted octanol–water partition coefficient (Wildman–Crippen LogP) is 2.97. The number of aliphatic hydroxyl groups is 1.